The molecule has 152 valence electrons. The zero-order chi connectivity index (χ0) is 21.7. The average Bonchev–Trinajstić information content (AvgIpc) is 3.07. The molecule has 0 aliphatic carbocycles. The van der Waals surface area contributed by atoms with Crippen LogP contribution in [0.25, 0.3) is 5.70 Å². The van der Waals surface area contributed by atoms with Crippen LogP contribution in [0.15, 0.2) is 59.1 Å². The van der Waals surface area contributed by atoms with E-state index >= 15 is 0 Å². The van der Waals surface area contributed by atoms with Crippen molar-refractivity contribution in [3.63, 3.8) is 0 Å². The van der Waals surface area contributed by atoms with Crippen LogP contribution in [-0.2, 0) is 4.79 Å². The highest BCUT2D eigenvalue weighted by Crippen LogP contribution is 2.30. The molecule has 0 saturated heterocycles. The molecule has 30 heavy (non-hydrogen) atoms. The van der Waals surface area contributed by atoms with E-state index < -0.39 is 5.91 Å². The van der Waals surface area contributed by atoms with E-state index in [1.54, 1.807) is 18.2 Å². The van der Waals surface area contributed by atoms with Crippen LogP contribution in [0.2, 0.25) is 0 Å². The smallest absolute Gasteiger partial charge is 0.264 e. The van der Waals surface area contributed by atoms with Crippen LogP contribution in [-0.4, -0.2) is 24.2 Å². The quantitative estimate of drug-likeness (QED) is 0.593. The molecule has 0 fully saturated rings. The summed E-state index contributed by atoms with van der Waals surface area (Å²) in [7, 11) is 0. The van der Waals surface area contributed by atoms with E-state index in [4.69, 9.17) is 0 Å². The van der Waals surface area contributed by atoms with E-state index in [2.05, 4.69) is 29.5 Å². The molecular formula is C24H24N4O2. The van der Waals surface area contributed by atoms with E-state index in [9.17, 15) is 14.9 Å². The third kappa shape index (κ3) is 4.47. The van der Waals surface area contributed by atoms with Gasteiger partial charge in [0.25, 0.3) is 11.8 Å². The molecule has 0 spiro atoms. The third-order valence-electron chi connectivity index (χ3n) is 4.87. The normalized spacial score (nSPS) is 13.9. The van der Waals surface area contributed by atoms with E-state index in [1.807, 2.05) is 43.3 Å². The van der Waals surface area contributed by atoms with Crippen molar-refractivity contribution in [2.45, 2.75) is 27.2 Å². The highest BCUT2D eigenvalue weighted by molar-refractivity contribution is 6.20. The first-order valence-electron chi connectivity index (χ1n) is 9.90. The van der Waals surface area contributed by atoms with Gasteiger partial charge in [-0.25, -0.2) is 4.99 Å². The van der Waals surface area contributed by atoms with Gasteiger partial charge < -0.3 is 10.6 Å². The largest absolute Gasteiger partial charge is 0.351 e. The minimum atomic E-state index is -0.460. The van der Waals surface area contributed by atoms with Crippen molar-refractivity contribution in [1.82, 2.24) is 10.6 Å². The standard InChI is InChI=1S/C24H24N4O2/c1-15(2)12-13-26-23(29)20(14-25)21-18-10-6-7-11-19(18)22(27-21)28-24(30)17-9-5-4-8-16(17)3/h4-11,15H,12-13H2,1-3H3,(H,26,29)(H,27,28,30). The summed E-state index contributed by atoms with van der Waals surface area (Å²) >= 11 is 0. The molecule has 0 bridgehead atoms. The second-order valence-corrected chi connectivity index (χ2v) is 7.55. The molecule has 0 radical (unpaired) electrons. The Bertz CT molecular complexity index is 1090. The number of nitrogens with zero attached hydrogens (tertiary/aromatic N) is 2. The number of aliphatic imine (C=N–C) groups is 1. The van der Waals surface area contributed by atoms with Crippen molar-refractivity contribution < 1.29 is 9.59 Å². The van der Waals surface area contributed by atoms with E-state index in [1.165, 1.54) is 0 Å². The molecule has 6 nitrogen and oxygen atoms in total. The first-order valence-corrected chi connectivity index (χ1v) is 9.90. The van der Waals surface area contributed by atoms with Crippen LogP contribution in [0.1, 0.15) is 47.3 Å². The SMILES string of the molecule is Cc1ccccc1C(=O)NC1=NC(=C(C#N)C(=O)NCCC(C)C)c2ccccc21. The first-order chi connectivity index (χ1) is 14.4. The number of carbonyl (C=O) groups excluding carboxylic acids is 2. The van der Waals surface area contributed by atoms with Crippen molar-refractivity contribution in [3.8, 4) is 6.07 Å². The van der Waals surface area contributed by atoms with Crippen LogP contribution in [0.3, 0.4) is 0 Å². The fourth-order valence-electron chi connectivity index (χ4n) is 3.19. The number of carbonyl (C=O) groups is 2. The lowest BCUT2D eigenvalue weighted by Crippen LogP contribution is -2.30. The van der Waals surface area contributed by atoms with Gasteiger partial charge in [0.15, 0.2) is 0 Å². The summed E-state index contributed by atoms with van der Waals surface area (Å²) in [4.78, 5) is 29.8. The number of nitriles is 1. The fraction of sp³-hybridized carbons (Fsp3) is 0.250. The number of hydrogen-bond donors (Lipinski definition) is 2. The van der Waals surface area contributed by atoms with Crippen LogP contribution in [0.5, 0.6) is 0 Å². The molecule has 2 amide bonds. The Labute approximate surface area is 176 Å². The number of nitrogens with one attached hydrogen (secondary N) is 2. The van der Waals surface area contributed by atoms with Gasteiger partial charge in [0.05, 0.1) is 5.70 Å². The average molecular weight is 400 g/mol. The second-order valence-electron chi connectivity index (χ2n) is 7.55. The zero-order valence-electron chi connectivity index (χ0n) is 17.3. The van der Waals surface area contributed by atoms with Crippen molar-refractivity contribution in [2.24, 2.45) is 10.9 Å². The molecule has 0 saturated carbocycles. The van der Waals surface area contributed by atoms with E-state index in [-0.39, 0.29) is 17.2 Å². The Morgan fingerprint density at radius 2 is 1.73 bits per heavy atom. The third-order valence-corrected chi connectivity index (χ3v) is 4.87. The summed E-state index contributed by atoms with van der Waals surface area (Å²) in [6, 6.07) is 16.5. The van der Waals surface area contributed by atoms with Crippen molar-refractivity contribution in [1.29, 1.82) is 5.26 Å². The van der Waals surface area contributed by atoms with Crippen molar-refractivity contribution in [3.05, 3.63) is 76.4 Å². The molecule has 6 heteroatoms. The lowest BCUT2D eigenvalue weighted by molar-refractivity contribution is -0.117. The summed E-state index contributed by atoms with van der Waals surface area (Å²) in [6.45, 7) is 6.48. The van der Waals surface area contributed by atoms with Gasteiger partial charge in [-0.05, 0) is 30.9 Å². The second kappa shape index (κ2) is 9.19. The molecule has 0 atom stereocenters. The summed E-state index contributed by atoms with van der Waals surface area (Å²) < 4.78 is 0. The Morgan fingerprint density at radius 1 is 1.07 bits per heavy atom. The highest BCUT2D eigenvalue weighted by atomic mass is 16.2. The maximum absolute atomic E-state index is 12.8. The number of amidine groups is 1. The molecule has 0 unspecified atom stereocenters. The number of rotatable bonds is 5. The number of benzene rings is 2. The van der Waals surface area contributed by atoms with Gasteiger partial charge in [0.1, 0.15) is 17.5 Å². The van der Waals surface area contributed by atoms with Crippen LogP contribution in [0, 0.1) is 24.2 Å². The predicted molar refractivity (Wildman–Crippen MR) is 117 cm³/mol. The molecule has 0 aromatic heterocycles. The number of fused-ring (bicyclic) bond motifs is 1. The Kier molecular flexibility index (Phi) is 6.43. The molecule has 3 rings (SSSR count). The van der Waals surface area contributed by atoms with Crippen molar-refractivity contribution in [2.75, 3.05) is 6.54 Å². The first kappa shape index (κ1) is 21.0. The Hall–Kier alpha value is -3.72. The lowest BCUT2D eigenvalue weighted by atomic mass is 10.0. The summed E-state index contributed by atoms with van der Waals surface area (Å²) in [5.41, 5.74) is 2.92. The fourth-order valence-corrected chi connectivity index (χ4v) is 3.19. The predicted octanol–water partition coefficient (Wildman–Crippen LogP) is 3.58. The van der Waals surface area contributed by atoms with E-state index in [0.29, 0.717) is 35.0 Å². The minimum Gasteiger partial charge on any atom is -0.351 e. The molecular weight excluding hydrogens is 376 g/mol. The van der Waals surface area contributed by atoms with Crippen LogP contribution < -0.4 is 10.6 Å². The van der Waals surface area contributed by atoms with Gasteiger partial charge in [-0.3, -0.25) is 9.59 Å². The lowest BCUT2D eigenvalue weighted by Gasteiger charge is -2.08. The minimum absolute atomic E-state index is 0.0636. The number of aryl methyl sites for hydroxylation is 1. The van der Waals surface area contributed by atoms with Gasteiger partial charge in [-0.15, -0.1) is 0 Å². The molecule has 2 aromatic rings. The van der Waals surface area contributed by atoms with Crippen LogP contribution in [0.4, 0.5) is 0 Å². The molecule has 1 aliphatic heterocycles. The Morgan fingerprint density at radius 3 is 2.40 bits per heavy atom. The maximum Gasteiger partial charge on any atom is 0.264 e. The number of hydrogen-bond acceptors (Lipinski definition) is 4. The monoisotopic (exact) mass is 400 g/mol. The van der Waals surface area contributed by atoms with Crippen molar-refractivity contribution >= 4 is 23.3 Å². The van der Waals surface area contributed by atoms with Gasteiger partial charge in [-0.1, -0.05) is 56.3 Å². The van der Waals surface area contributed by atoms with Gasteiger partial charge in [0.2, 0.25) is 0 Å². The zero-order valence-corrected chi connectivity index (χ0v) is 17.3. The van der Waals surface area contributed by atoms with Crippen LogP contribution >= 0.6 is 0 Å². The summed E-state index contributed by atoms with van der Waals surface area (Å²) in [6.07, 6.45) is 0.817. The highest BCUT2D eigenvalue weighted by Gasteiger charge is 2.27. The maximum atomic E-state index is 12.8. The topological polar surface area (TPSA) is 94.3 Å². The van der Waals surface area contributed by atoms with Gasteiger partial charge >= 0.3 is 0 Å². The van der Waals surface area contributed by atoms with E-state index in [0.717, 1.165) is 12.0 Å². The molecule has 1 aliphatic rings. The molecule has 2 aromatic carbocycles. The molecule has 1 heterocycles. The molecule has 2 N–H and O–H groups in total. The van der Waals surface area contributed by atoms with Gasteiger partial charge in [-0.2, -0.15) is 5.26 Å². The summed E-state index contributed by atoms with van der Waals surface area (Å²) in [5, 5.41) is 15.3. The summed E-state index contributed by atoms with van der Waals surface area (Å²) in [5.74, 6) is 0.0227. The van der Waals surface area contributed by atoms with Gasteiger partial charge in [0, 0.05) is 23.2 Å². The number of amides is 2. The Balaban J connectivity index is 1.94.